The maximum atomic E-state index is 11.7. The van der Waals surface area contributed by atoms with Crippen molar-refractivity contribution in [1.29, 1.82) is 0 Å². The molecule has 0 unspecified atom stereocenters. The molecule has 100 valence electrons. The Hall–Kier alpha value is -2.14. The van der Waals surface area contributed by atoms with E-state index in [9.17, 15) is 4.79 Å². The van der Waals surface area contributed by atoms with Gasteiger partial charge in [0.05, 0.1) is 12.8 Å². The quantitative estimate of drug-likeness (QED) is 0.728. The first-order chi connectivity index (χ1) is 9.28. The van der Waals surface area contributed by atoms with Crippen LogP contribution in [-0.2, 0) is 24.4 Å². The van der Waals surface area contributed by atoms with Crippen LogP contribution in [-0.4, -0.2) is 21.2 Å². The van der Waals surface area contributed by atoms with Crippen LogP contribution < -0.4 is 5.32 Å². The SMILES string of the molecule is O=C(CCc1cn[nH]c1)NCc1cccc(CO)c1. The van der Waals surface area contributed by atoms with Crippen LogP contribution in [0.3, 0.4) is 0 Å². The molecule has 0 aliphatic rings. The molecular formula is C14H17N3O2. The highest BCUT2D eigenvalue weighted by Crippen LogP contribution is 2.05. The Labute approximate surface area is 111 Å². The maximum absolute atomic E-state index is 11.7. The Bertz CT molecular complexity index is 523. The first-order valence-electron chi connectivity index (χ1n) is 6.21. The summed E-state index contributed by atoms with van der Waals surface area (Å²) in [6.07, 6.45) is 4.63. The van der Waals surface area contributed by atoms with Crippen LogP contribution in [0.2, 0.25) is 0 Å². The summed E-state index contributed by atoms with van der Waals surface area (Å²) >= 11 is 0. The lowest BCUT2D eigenvalue weighted by Gasteiger charge is -2.06. The summed E-state index contributed by atoms with van der Waals surface area (Å²) in [5.41, 5.74) is 2.87. The van der Waals surface area contributed by atoms with E-state index in [4.69, 9.17) is 5.11 Å². The van der Waals surface area contributed by atoms with Crippen molar-refractivity contribution in [2.75, 3.05) is 0 Å². The molecule has 1 aromatic heterocycles. The minimum atomic E-state index is 0.00982. The Morgan fingerprint density at radius 3 is 2.89 bits per heavy atom. The first-order valence-corrected chi connectivity index (χ1v) is 6.21. The summed E-state index contributed by atoms with van der Waals surface area (Å²) in [7, 11) is 0. The van der Waals surface area contributed by atoms with Crippen LogP contribution in [0.4, 0.5) is 0 Å². The van der Waals surface area contributed by atoms with Gasteiger partial charge in [-0.15, -0.1) is 0 Å². The number of aliphatic hydroxyl groups is 1. The van der Waals surface area contributed by atoms with Gasteiger partial charge in [-0.2, -0.15) is 5.10 Å². The molecule has 5 heteroatoms. The van der Waals surface area contributed by atoms with Crippen molar-refractivity contribution in [3.8, 4) is 0 Å². The summed E-state index contributed by atoms with van der Waals surface area (Å²) in [6, 6.07) is 7.54. The molecule has 0 bridgehead atoms. The molecule has 2 rings (SSSR count). The number of hydrogen-bond acceptors (Lipinski definition) is 3. The van der Waals surface area contributed by atoms with Crippen LogP contribution in [0.15, 0.2) is 36.7 Å². The average molecular weight is 259 g/mol. The molecule has 0 aliphatic heterocycles. The molecule has 1 heterocycles. The second kappa shape index (κ2) is 6.70. The molecule has 0 radical (unpaired) electrons. The molecule has 19 heavy (non-hydrogen) atoms. The molecule has 0 saturated carbocycles. The highest BCUT2D eigenvalue weighted by Gasteiger charge is 2.03. The summed E-state index contributed by atoms with van der Waals surface area (Å²) < 4.78 is 0. The summed E-state index contributed by atoms with van der Waals surface area (Å²) in [5.74, 6) is 0.00982. The van der Waals surface area contributed by atoms with Gasteiger partial charge in [0.15, 0.2) is 0 Å². The molecule has 1 amide bonds. The number of aryl methyl sites for hydroxylation is 1. The van der Waals surface area contributed by atoms with Crippen LogP contribution in [0.1, 0.15) is 23.1 Å². The van der Waals surface area contributed by atoms with E-state index in [-0.39, 0.29) is 12.5 Å². The van der Waals surface area contributed by atoms with E-state index >= 15 is 0 Å². The Morgan fingerprint density at radius 2 is 2.16 bits per heavy atom. The number of aromatic nitrogens is 2. The smallest absolute Gasteiger partial charge is 0.220 e. The number of carbonyl (C=O) groups excluding carboxylic acids is 1. The fraction of sp³-hybridized carbons (Fsp3) is 0.286. The zero-order valence-corrected chi connectivity index (χ0v) is 10.6. The van der Waals surface area contributed by atoms with E-state index in [1.54, 1.807) is 12.4 Å². The van der Waals surface area contributed by atoms with E-state index < -0.39 is 0 Å². The third kappa shape index (κ3) is 4.22. The van der Waals surface area contributed by atoms with Crippen molar-refractivity contribution in [2.24, 2.45) is 0 Å². The van der Waals surface area contributed by atoms with Gasteiger partial charge < -0.3 is 10.4 Å². The monoisotopic (exact) mass is 259 g/mol. The van der Waals surface area contributed by atoms with Crippen molar-refractivity contribution in [2.45, 2.75) is 26.0 Å². The average Bonchev–Trinajstić information content (AvgIpc) is 2.96. The zero-order chi connectivity index (χ0) is 13.5. The van der Waals surface area contributed by atoms with Gasteiger partial charge in [-0.3, -0.25) is 9.89 Å². The highest BCUT2D eigenvalue weighted by molar-refractivity contribution is 5.76. The van der Waals surface area contributed by atoms with Crippen molar-refractivity contribution in [3.05, 3.63) is 53.3 Å². The van der Waals surface area contributed by atoms with Gasteiger partial charge in [0.2, 0.25) is 5.91 Å². The number of hydrogen-bond donors (Lipinski definition) is 3. The van der Waals surface area contributed by atoms with E-state index in [1.165, 1.54) is 0 Å². The molecule has 1 aromatic carbocycles. The molecule has 0 spiro atoms. The second-order valence-electron chi connectivity index (χ2n) is 4.36. The molecule has 0 saturated heterocycles. The highest BCUT2D eigenvalue weighted by atomic mass is 16.3. The largest absolute Gasteiger partial charge is 0.392 e. The number of nitrogens with zero attached hydrogens (tertiary/aromatic N) is 1. The topological polar surface area (TPSA) is 78.0 Å². The third-order valence-corrected chi connectivity index (χ3v) is 2.86. The summed E-state index contributed by atoms with van der Waals surface area (Å²) in [6.45, 7) is 0.500. The van der Waals surface area contributed by atoms with Gasteiger partial charge in [0.1, 0.15) is 0 Å². The number of benzene rings is 1. The fourth-order valence-electron chi connectivity index (χ4n) is 1.80. The third-order valence-electron chi connectivity index (χ3n) is 2.86. The van der Waals surface area contributed by atoms with Gasteiger partial charge >= 0.3 is 0 Å². The maximum Gasteiger partial charge on any atom is 0.220 e. The number of aliphatic hydroxyl groups excluding tert-OH is 1. The standard InChI is InChI=1S/C14H17N3O2/c18-10-12-3-1-2-11(6-12)7-15-14(19)5-4-13-8-16-17-9-13/h1-3,6,8-9,18H,4-5,7,10H2,(H,15,19)(H,16,17). The van der Waals surface area contributed by atoms with Crippen molar-refractivity contribution >= 4 is 5.91 Å². The molecular weight excluding hydrogens is 242 g/mol. The number of rotatable bonds is 6. The van der Waals surface area contributed by atoms with E-state index in [0.29, 0.717) is 19.4 Å². The lowest BCUT2D eigenvalue weighted by molar-refractivity contribution is -0.121. The molecule has 2 aromatic rings. The van der Waals surface area contributed by atoms with Crippen molar-refractivity contribution < 1.29 is 9.90 Å². The summed E-state index contributed by atoms with van der Waals surface area (Å²) in [5, 5.41) is 18.4. The van der Waals surface area contributed by atoms with Crippen molar-refractivity contribution in [1.82, 2.24) is 15.5 Å². The molecule has 3 N–H and O–H groups in total. The fourth-order valence-corrected chi connectivity index (χ4v) is 1.80. The van der Waals surface area contributed by atoms with E-state index in [2.05, 4.69) is 15.5 Å². The van der Waals surface area contributed by atoms with Gasteiger partial charge in [0, 0.05) is 19.2 Å². The lowest BCUT2D eigenvalue weighted by Crippen LogP contribution is -2.23. The van der Waals surface area contributed by atoms with E-state index in [1.807, 2.05) is 24.3 Å². The number of nitrogens with one attached hydrogen (secondary N) is 2. The molecule has 0 fully saturated rings. The molecule has 0 atom stereocenters. The van der Waals surface area contributed by atoms with Crippen LogP contribution in [0.5, 0.6) is 0 Å². The number of aromatic amines is 1. The predicted octanol–water partition coefficient (Wildman–Crippen LogP) is 1.15. The second-order valence-corrected chi connectivity index (χ2v) is 4.36. The minimum Gasteiger partial charge on any atom is -0.392 e. The van der Waals surface area contributed by atoms with Gasteiger partial charge in [0.25, 0.3) is 0 Å². The Balaban J connectivity index is 1.76. The predicted molar refractivity (Wildman–Crippen MR) is 71.1 cm³/mol. The minimum absolute atomic E-state index is 0.00982. The lowest BCUT2D eigenvalue weighted by atomic mass is 10.1. The normalized spacial score (nSPS) is 10.4. The summed E-state index contributed by atoms with van der Waals surface area (Å²) in [4.78, 5) is 11.7. The van der Waals surface area contributed by atoms with Crippen molar-refractivity contribution in [3.63, 3.8) is 0 Å². The van der Waals surface area contributed by atoms with Gasteiger partial charge in [-0.25, -0.2) is 0 Å². The zero-order valence-electron chi connectivity index (χ0n) is 10.6. The van der Waals surface area contributed by atoms with Crippen LogP contribution >= 0.6 is 0 Å². The van der Waals surface area contributed by atoms with Crippen LogP contribution in [0.25, 0.3) is 0 Å². The first kappa shape index (κ1) is 13.3. The number of amides is 1. The molecule has 0 aliphatic carbocycles. The molecule has 5 nitrogen and oxygen atoms in total. The Morgan fingerprint density at radius 1 is 1.32 bits per heavy atom. The van der Waals surface area contributed by atoms with Gasteiger partial charge in [-0.05, 0) is 23.1 Å². The number of carbonyl (C=O) groups is 1. The number of H-pyrrole nitrogens is 1. The van der Waals surface area contributed by atoms with E-state index in [0.717, 1.165) is 16.7 Å². The van der Waals surface area contributed by atoms with Gasteiger partial charge in [-0.1, -0.05) is 24.3 Å². The Kier molecular flexibility index (Phi) is 4.69. The van der Waals surface area contributed by atoms with Crippen LogP contribution in [0, 0.1) is 0 Å².